The predicted molar refractivity (Wildman–Crippen MR) is 70.2 cm³/mol. The summed E-state index contributed by atoms with van der Waals surface area (Å²) in [5.41, 5.74) is 0.602. The summed E-state index contributed by atoms with van der Waals surface area (Å²) in [4.78, 5) is 12.0. The highest BCUT2D eigenvalue weighted by Gasteiger charge is 2.22. The fraction of sp³-hybridized carbons (Fsp3) is 0.429. The van der Waals surface area contributed by atoms with Gasteiger partial charge in [-0.25, -0.2) is 0 Å². The first-order valence-corrected chi connectivity index (χ1v) is 6.02. The third-order valence-electron chi connectivity index (χ3n) is 2.53. The number of ether oxygens (including phenoxy) is 1. The lowest BCUT2D eigenvalue weighted by Gasteiger charge is -2.15. The Kier molecular flexibility index (Phi) is 5.19. The summed E-state index contributed by atoms with van der Waals surface area (Å²) in [5.74, 6) is -0.345. The lowest BCUT2D eigenvalue weighted by Crippen LogP contribution is -2.25. The summed E-state index contributed by atoms with van der Waals surface area (Å²) in [5, 5.41) is 11.7. The molecule has 18 heavy (non-hydrogen) atoms. The molecule has 0 heterocycles. The Bertz CT molecular complexity index is 449. The molecule has 0 aromatic heterocycles. The SMILES string of the molecule is CCOc1ccccc1NC(=O)C(C#N)C(C)C. The largest absolute Gasteiger partial charge is 0.492 e. The lowest BCUT2D eigenvalue weighted by atomic mass is 9.96. The van der Waals surface area contributed by atoms with E-state index in [9.17, 15) is 4.79 Å². The van der Waals surface area contributed by atoms with E-state index < -0.39 is 5.92 Å². The van der Waals surface area contributed by atoms with Crippen LogP contribution in [0.25, 0.3) is 0 Å². The van der Waals surface area contributed by atoms with E-state index in [-0.39, 0.29) is 11.8 Å². The number of nitrogens with one attached hydrogen (secondary N) is 1. The van der Waals surface area contributed by atoms with Crippen molar-refractivity contribution in [3.63, 3.8) is 0 Å². The van der Waals surface area contributed by atoms with Crippen molar-refractivity contribution < 1.29 is 9.53 Å². The second kappa shape index (κ2) is 6.65. The maximum atomic E-state index is 12.0. The molecule has 1 aromatic rings. The van der Waals surface area contributed by atoms with Crippen molar-refractivity contribution in [2.45, 2.75) is 20.8 Å². The minimum atomic E-state index is -0.653. The molecule has 1 amide bonds. The topological polar surface area (TPSA) is 62.1 Å². The minimum absolute atomic E-state index is 0.0192. The highest BCUT2D eigenvalue weighted by molar-refractivity contribution is 5.95. The predicted octanol–water partition coefficient (Wildman–Crippen LogP) is 2.82. The van der Waals surface area contributed by atoms with E-state index in [4.69, 9.17) is 10.00 Å². The number of amides is 1. The van der Waals surface area contributed by atoms with Crippen molar-refractivity contribution in [3.05, 3.63) is 24.3 Å². The van der Waals surface area contributed by atoms with Gasteiger partial charge in [-0.2, -0.15) is 5.26 Å². The second-order valence-electron chi connectivity index (χ2n) is 4.27. The summed E-state index contributed by atoms with van der Waals surface area (Å²) in [6, 6.07) is 9.22. The zero-order chi connectivity index (χ0) is 13.5. The van der Waals surface area contributed by atoms with Gasteiger partial charge in [0.15, 0.2) is 0 Å². The summed E-state index contributed by atoms with van der Waals surface area (Å²) >= 11 is 0. The van der Waals surface area contributed by atoms with Crippen LogP contribution in [0.5, 0.6) is 5.75 Å². The quantitative estimate of drug-likeness (QED) is 0.869. The van der Waals surface area contributed by atoms with Crippen LogP contribution in [-0.4, -0.2) is 12.5 Å². The Hall–Kier alpha value is -2.02. The Morgan fingerprint density at radius 2 is 2.11 bits per heavy atom. The van der Waals surface area contributed by atoms with Crippen LogP contribution in [0, 0.1) is 23.2 Å². The van der Waals surface area contributed by atoms with E-state index in [2.05, 4.69) is 5.32 Å². The second-order valence-corrected chi connectivity index (χ2v) is 4.27. The smallest absolute Gasteiger partial charge is 0.242 e. The molecule has 0 spiro atoms. The molecule has 0 saturated carbocycles. The van der Waals surface area contributed by atoms with Gasteiger partial charge in [0.25, 0.3) is 0 Å². The standard InChI is InChI=1S/C14H18N2O2/c1-4-18-13-8-6-5-7-12(13)16-14(17)11(9-15)10(2)3/h5-8,10-11H,4H2,1-3H3,(H,16,17). The van der Waals surface area contributed by atoms with Gasteiger partial charge in [0.05, 0.1) is 18.4 Å². The van der Waals surface area contributed by atoms with E-state index in [1.807, 2.05) is 39.0 Å². The number of hydrogen-bond donors (Lipinski definition) is 1. The van der Waals surface area contributed by atoms with E-state index >= 15 is 0 Å². The first-order valence-electron chi connectivity index (χ1n) is 6.02. The fourth-order valence-corrected chi connectivity index (χ4v) is 1.57. The third kappa shape index (κ3) is 3.49. The van der Waals surface area contributed by atoms with Crippen LogP contribution in [0.3, 0.4) is 0 Å². The highest BCUT2D eigenvalue weighted by Crippen LogP contribution is 2.25. The number of anilines is 1. The number of para-hydroxylation sites is 2. The summed E-state index contributed by atoms with van der Waals surface area (Å²) in [6.07, 6.45) is 0. The average molecular weight is 246 g/mol. The van der Waals surface area contributed by atoms with Gasteiger partial charge in [0.1, 0.15) is 11.7 Å². The van der Waals surface area contributed by atoms with Crippen LogP contribution in [0.1, 0.15) is 20.8 Å². The van der Waals surface area contributed by atoms with Gasteiger partial charge >= 0.3 is 0 Å². The van der Waals surface area contributed by atoms with E-state index in [1.165, 1.54) is 0 Å². The van der Waals surface area contributed by atoms with Crippen LogP contribution < -0.4 is 10.1 Å². The highest BCUT2D eigenvalue weighted by atomic mass is 16.5. The molecular weight excluding hydrogens is 228 g/mol. The molecule has 0 bridgehead atoms. The number of nitriles is 1. The maximum absolute atomic E-state index is 12.0. The van der Waals surface area contributed by atoms with Crippen molar-refractivity contribution >= 4 is 11.6 Å². The normalized spacial score (nSPS) is 11.7. The molecule has 0 aliphatic rings. The first kappa shape index (κ1) is 14.0. The molecule has 1 atom stereocenters. The van der Waals surface area contributed by atoms with E-state index in [0.717, 1.165) is 0 Å². The Morgan fingerprint density at radius 3 is 2.67 bits per heavy atom. The molecule has 0 aliphatic carbocycles. The minimum Gasteiger partial charge on any atom is -0.492 e. The molecule has 4 heteroatoms. The van der Waals surface area contributed by atoms with Gasteiger partial charge in [0, 0.05) is 0 Å². The lowest BCUT2D eigenvalue weighted by molar-refractivity contribution is -0.119. The van der Waals surface area contributed by atoms with Crippen LogP contribution in [0.4, 0.5) is 5.69 Å². The van der Waals surface area contributed by atoms with Crippen molar-refractivity contribution in [2.24, 2.45) is 11.8 Å². The van der Waals surface area contributed by atoms with Gasteiger partial charge in [-0.15, -0.1) is 0 Å². The molecule has 1 N–H and O–H groups in total. The molecule has 0 saturated heterocycles. The van der Waals surface area contributed by atoms with Gasteiger partial charge in [-0.3, -0.25) is 4.79 Å². The number of rotatable bonds is 5. The molecule has 1 aromatic carbocycles. The molecule has 96 valence electrons. The number of benzene rings is 1. The van der Waals surface area contributed by atoms with Crippen LogP contribution in [0.15, 0.2) is 24.3 Å². The van der Waals surface area contributed by atoms with Crippen LogP contribution in [-0.2, 0) is 4.79 Å². The van der Waals surface area contributed by atoms with Gasteiger partial charge in [-0.05, 0) is 25.0 Å². The van der Waals surface area contributed by atoms with Crippen molar-refractivity contribution in [1.29, 1.82) is 5.26 Å². The molecule has 1 unspecified atom stereocenters. The number of carbonyl (C=O) groups is 1. The van der Waals surface area contributed by atoms with Crippen molar-refractivity contribution in [1.82, 2.24) is 0 Å². The Labute approximate surface area is 108 Å². The van der Waals surface area contributed by atoms with Crippen molar-refractivity contribution in [3.8, 4) is 11.8 Å². The number of carbonyl (C=O) groups excluding carboxylic acids is 1. The molecular formula is C14H18N2O2. The molecule has 0 radical (unpaired) electrons. The molecule has 0 aliphatic heterocycles. The van der Waals surface area contributed by atoms with Gasteiger partial charge in [-0.1, -0.05) is 26.0 Å². The van der Waals surface area contributed by atoms with E-state index in [0.29, 0.717) is 18.0 Å². The average Bonchev–Trinajstić information content (AvgIpc) is 2.32. The van der Waals surface area contributed by atoms with Crippen LogP contribution in [0.2, 0.25) is 0 Å². The third-order valence-corrected chi connectivity index (χ3v) is 2.53. The molecule has 0 fully saturated rings. The zero-order valence-electron chi connectivity index (χ0n) is 10.9. The molecule has 1 rings (SSSR count). The summed E-state index contributed by atoms with van der Waals surface area (Å²) in [7, 11) is 0. The van der Waals surface area contributed by atoms with Gasteiger partial charge in [0.2, 0.25) is 5.91 Å². The Morgan fingerprint density at radius 1 is 1.44 bits per heavy atom. The molecule has 4 nitrogen and oxygen atoms in total. The summed E-state index contributed by atoms with van der Waals surface area (Å²) in [6.45, 7) is 6.10. The van der Waals surface area contributed by atoms with Gasteiger partial charge < -0.3 is 10.1 Å². The number of hydrogen-bond acceptors (Lipinski definition) is 3. The van der Waals surface area contributed by atoms with Crippen molar-refractivity contribution in [2.75, 3.05) is 11.9 Å². The van der Waals surface area contributed by atoms with E-state index in [1.54, 1.807) is 12.1 Å². The first-order chi connectivity index (χ1) is 8.60. The number of nitrogens with zero attached hydrogens (tertiary/aromatic N) is 1. The summed E-state index contributed by atoms with van der Waals surface area (Å²) < 4.78 is 5.41. The Balaban J connectivity index is 2.85. The van der Waals surface area contributed by atoms with Crippen LogP contribution >= 0.6 is 0 Å². The zero-order valence-corrected chi connectivity index (χ0v) is 10.9. The monoisotopic (exact) mass is 246 g/mol. The maximum Gasteiger partial charge on any atom is 0.242 e. The fourth-order valence-electron chi connectivity index (χ4n) is 1.57.